The van der Waals surface area contributed by atoms with Crippen LogP contribution in [0.2, 0.25) is 0 Å². The van der Waals surface area contributed by atoms with E-state index in [-0.39, 0.29) is 11.5 Å². The van der Waals surface area contributed by atoms with Crippen molar-refractivity contribution < 1.29 is 4.79 Å². The van der Waals surface area contributed by atoms with Gasteiger partial charge in [-0.25, -0.2) is 4.98 Å². The predicted octanol–water partition coefficient (Wildman–Crippen LogP) is 0.0802. The van der Waals surface area contributed by atoms with Gasteiger partial charge < -0.3 is 9.88 Å². The number of aromatic nitrogens is 2. The molecule has 1 amide bonds. The van der Waals surface area contributed by atoms with Crippen LogP contribution in [-0.2, 0) is 0 Å². The zero-order valence-electron chi connectivity index (χ0n) is 10.8. The summed E-state index contributed by atoms with van der Waals surface area (Å²) in [6.45, 7) is 3.87. The largest absolute Gasteiger partial charge is 0.334 e. The Bertz CT molecular complexity index is 495. The minimum Gasteiger partial charge on any atom is -0.334 e. The third-order valence-corrected chi connectivity index (χ3v) is 3.95. The smallest absolute Gasteiger partial charge is 0.274 e. The van der Waals surface area contributed by atoms with E-state index in [0.717, 1.165) is 32.4 Å². The minimum absolute atomic E-state index is 0.0930. The molecule has 1 aromatic heterocycles. The molecular formula is C13H18N4O2. The molecule has 1 aromatic rings. The summed E-state index contributed by atoms with van der Waals surface area (Å²) in [5.74, 6) is -0.0930. The van der Waals surface area contributed by atoms with Crippen molar-refractivity contribution in [1.82, 2.24) is 19.8 Å². The third-order valence-electron chi connectivity index (χ3n) is 3.95. The van der Waals surface area contributed by atoms with E-state index in [1.807, 2.05) is 0 Å². The second-order valence-corrected chi connectivity index (χ2v) is 5.26. The van der Waals surface area contributed by atoms with Gasteiger partial charge in [-0.15, -0.1) is 0 Å². The van der Waals surface area contributed by atoms with Crippen molar-refractivity contribution in [3.63, 3.8) is 0 Å². The zero-order valence-corrected chi connectivity index (χ0v) is 10.8. The zero-order chi connectivity index (χ0) is 13.2. The molecule has 0 spiro atoms. The van der Waals surface area contributed by atoms with Crippen LogP contribution in [0.25, 0.3) is 0 Å². The number of carbonyl (C=O) groups excluding carboxylic acids is 1. The van der Waals surface area contributed by atoms with Crippen LogP contribution in [0.5, 0.6) is 0 Å². The normalized spacial score (nSPS) is 21.2. The lowest BCUT2D eigenvalue weighted by atomic mass is 10.0. The second-order valence-electron chi connectivity index (χ2n) is 5.26. The number of hydrogen-bond donors (Lipinski definition) is 1. The van der Waals surface area contributed by atoms with Crippen molar-refractivity contribution in [3.8, 4) is 0 Å². The van der Waals surface area contributed by atoms with E-state index in [2.05, 4.69) is 14.9 Å². The van der Waals surface area contributed by atoms with Gasteiger partial charge in [-0.05, 0) is 25.9 Å². The monoisotopic (exact) mass is 262 g/mol. The molecule has 0 bridgehead atoms. The number of piperidine rings is 1. The van der Waals surface area contributed by atoms with Gasteiger partial charge in [-0.2, -0.15) is 0 Å². The predicted molar refractivity (Wildman–Crippen MR) is 70.0 cm³/mol. The Morgan fingerprint density at radius 2 is 2.00 bits per heavy atom. The maximum Gasteiger partial charge on any atom is 0.274 e. The molecule has 0 saturated carbocycles. The van der Waals surface area contributed by atoms with Gasteiger partial charge >= 0.3 is 0 Å². The molecule has 3 rings (SSSR count). The van der Waals surface area contributed by atoms with Crippen molar-refractivity contribution in [3.05, 3.63) is 28.4 Å². The van der Waals surface area contributed by atoms with Crippen molar-refractivity contribution in [2.24, 2.45) is 0 Å². The first-order chi connectivity index (χ1) is 9.24. The molecule has 0 atom stereocenters. The molecule has 2 aliphatic rings. The van der Waals surface area contributed by atoms with Crippen molar-refractivity contribution in [1.29, 1.82) is 0 Å². The Balaban J connectivity index is 1.56. The van der Waals surface area contributed by atoms with Crippen molar-refractivity contribution in [2.75, 3.05) is 26.2 Å². The number of aromatic amines is 1. The first-order valence-corrected chi connectivity index (χ1v) is 6.82. The average Bonchev–Trinajstić information content (AvgIpc) is 2.39. The Morgan fingerprint density at radius 1 is 1.26 bits per heavy atom. The number of carbonyl (C=O) groups is 1. The quantitative estimate of drug-likeness (QED) is 0.819. The van der Waals surface area contributed by atoms with Gasteiger partial charge in [0.25, 0.3) is 11.5 Å². The van der Waals surface area contributed by atoms with Gasteiger partial charge in [0.15, 0.2) is 0 Å². The molecule has 102 valence electrons. The standard InChI is InChI=1S/C13H18N4O2/c18-12-7-14-11(6-15-12)13(19)17-8-10(9-17)16-4-2-1-3-5-16/h6-7,10H,1-5,8-9H2,(H,15,18). The number of amides is 1. The molecule has 2 aliphatic heterocycles. The number of rotatable bonds is 2. The molecule has 0 aromatic carbocycles. The van der Waals surface area contributed by atoms with Gasteiger partial charge in [0.05, 0.1) is 6.20 Å². The Hall–Kier alpha value is -1.69. The van der Waals surface area contributed by atoms with Crippen LogP contribution in [0.3, 0.4) is 0 Å². The second kappa shape index (κ2) is 5.13. The maximum absolute atomic E-state index is 12.1. The van der Waals surface area contributed by atoms with Gasteiger partial charge in [0, 0.05) is 25.3 Å². The highest BCUT2D eigenvalue weighted by atomic mass is 16.2. The fraction of sp³-hybridized carbons (Fsp3) is 0.615. The molecular weight excluding hydrogens is 244 g/mol. The topological polar surface area (TPSA) is 69.3 Å². The van der Waals surface area contributed by atoms with E-state index in [1.165, 1.54) is 25.5 Å². The first kappa shape index (κ1) is 12.3. The summed E-state index contributed by atoms with van der Waals surface area (Å²) >= 11 is 0. The van der Waals surface area contributed by atoms with E-state index in [4.69, 9.17) is 0 Å². The average molecular weight is 262 g/mol. The van der Waals surface area contributed by atoms with Crippen LogP contribution in [0.15, 0.2) is 17.2 Å². The fourth-order valence-corrected chi connectivity index (χ4v) is 2.76. The summed E-state index contributed by atoms with van der Waals surface area (Å²) in [6, 6.07) is 0.506. The van der Waals surface area contributed by atoms with Crippen LogP contribution in [0.1, 0.15) is 29.8 Å². The Labute approximate surface area is 111 Å². The van der Waals surface area contributed by atoms with E-state index >= 15 is 0 Å². The number of H-pyrrole nitrogens is 1. The van der Waals surface area contributed by atoms with Crippen LogP contribution < -0.4 is 5.56 Å². The van der Waals surface area contributed by atoms with Crippen molar-refractivity contribution >= 4 is 5.91 Å². The molecule has 19 heavy (non-hydrogen) atoms. The van der Waals surface area contributed by atoms with Crippen molar-refractivity contribution in [2.45, 2.75) is 25.3 Å². The highest BCUT2D eigenvalue weighted by Gasteiger charge is 2.35. The SMILES string of the molecule is O=C(c1c[nH]c(=O)cn1)N1CC(N2CCCCC2)C1. The molecule has 1 N–H and O–H groups in total. The number of hydrogen-bond acceptors (Lipinski definition) is 4. The lowest BCUT2D eigenvalue weighted by Gasteiger charge is -2.46. The van der Waals surface area contributed by atoms with E-state index in [1.54, 1.807) is 4.90 Å². The van der Waals surface area contributed by atoms with E-state index < -0.39 is 0 Å². The van der Waals surface area contributed by atoms with Crippen LogP contribution in [0.4, 0.5) is 0 Å². The molecule has 2 saturated heterocycles. The summed E-state index contributed by atoms with van der Waals surface area (Å²) in [7, 11) is 0. The van der Waals surface area contributed by atoms with Gasteiger partial charge in [0.2, 0.25) is 0 Å². The fourth-order valence-electron chi connectivity index (χ4n) is 2.76. The number of nitrogens with one attached hydrogen (secondary N) is 1. The summed E-state index contributed by atoms with van der Waals surface area (Å²) in [5.41, 5.74) is 0.0306. The maximum atomic E-state index is 12.1. The Kier molecular flexibility index (Phi) is 3.33. The summed E-state index contributed by atoms with van der Waals surface area (Å²) in [6.07, 6.45) is 6.40. The minimum atomic E-state index is -0.286. The first-order valence-electron chi connectivity index (χ1n) is 6.82. The number of likely N-dealkylation sites (tertiary alicyclic amines) is 2. The van der Waals surface area contributed by atoms with Crippen LogP contribution in [0, 0.1) is 0 Å². The van der Waals surface area contributed by atoms with E-state index in [0.29, 0.717) is 11.7 Å². The molecule has 6 nitrogen and oxygen atoms in total. The molecule has 2 fully saturated rings. The third kappa shape index (κ3) is 2.53. The summed E-state index contributed by atoms with van der Waals surface area (Å²) in [5, 5.41) is 0. The highest BCUT2D eigenvalue weighted by Crippen LogP contribution is 2.20. The Morgan fingerprint density at radius 3 is 2.63 bits per heavy atom. The molecule has 0 unspecified atom stereocenters. The molecule has 0 aliphatic carbocycles. The summed E-state index contributed by atoms with van der Waals surface area (Å²) in [4.78, 5) is 33.6. The molecule has 6 heteroatoms. The molecule has 0 radical (unpaired) electrons. The van der Waals surface area contributed by atoms with Crippen LogP contribution >= 0.6 is 0 Å². The lowest BCUT2D eigenvalue weighted by molar-refractivity contribution is 0.0199. The summed E-state index contributed by atoms with van der Waals surface area (Å²) < 4.78 is 0. The van der Waals surface area contributed by atoms with Gasteiger partial charge in [0.1, 0.15) is 5.69 Å². The highest BCUT2D eigenvalue weighted by molar-refractivity contribution is 5.92. The molecule has 3 heterocycles. The lowest BCUT2D eigenvalue weighted by Crippen LogP contribution is -2.61. The van der Waals surface area contributed by atoms with Crippen LogP contribution in [-0.4, -0.2) is 57.9 Å². The van der Waals surface area contributed by atoms with Gasteiger partial charge in [-0.3, -0.25) is 14.5 Å². The number of nitrogens with zero attached hydrogens (tertiary/aromatic N) is 3. The van der Waals surface area contributed by atoms with Gasteiger partial charge in [-0.1, -0.05) is 6.42 Å². The van der Waals surface area contributed by atoms with E-state index in [9.17, 15) is 9.59 Å².